The quantitative estimate of drug-likeness (QED) is 0.684. The molecule has 0 radical (unpaired) electrons. The number of thioether (sulfide) groups is 1. The summed E-state index contributed by atoms with van der Waals surface area (Å²) in [6.07, 6.45) is 3.46. The van der Waals surface area contributed by atoms with Gasteiger partial charge in [-0.05, 0) is 37.6 Å². The van der Waals surface area contributed by atoms with E-state index in [0.29, 0.717) is 17.1 Å². The number of benzene rings is 1. The van der Waals surface area contributed by atoms with Gasteiger partial charge in [0.2, 0.25) is 5.91 Å². The first-order valence-corrected chi connectivity index (χ1v) is 9.19. The second kappa shape index (κ2) is 7.68. The highest BCUT2D eigenvalue weighted by molar-refractivity contribution is 7.99. The summed E-state index contributed by atoms with van der Waals surface area (Å²) in [5.41, 5.74) is 2.43. The van der Waals surface area contributed by atoms with Crippen molar-refractivity contribution in [3.05, 3.63) is 59.3 Å². The molecule has 0 atom stereocenters. The van der Waals surface area contributed by atoms with Crippen molar-refractivity contribution in [3.8, 4) is 11.8 Å². The third-order valence-corrected chi connectivity index (χ3v) is 5.32. The SMILES string of the molecule is Cc1c(C#N)c(NC(=O)CSc2nccn2C)n(-c2cccc(F)c2)c1C. The van der Waals surface area contributed by atoms with Crippen LogP contribution in [0.5, 0.6) is 0 Å². The molecule has 0 bridgehead atoms. The van der Waals surface area contributed by atoms with Crippen LogP contribution in [-0.2, 0) is 11.8 Å². The summed E-state index contributed by atoms with van der Waals surface area (Å²) < 4.78 is 17.2. The molecule has 0 saturated carbocycles. The van der Waals surface area contributed by atoms with E-state index < -0.39 is 0 Å². The standard InChI is InChI=1S/C19H18FN5OS/c1-12-13(2)25(15-6-4-5-14(20)9-15)18(16(12)10-21)23-17(26)11-27-19-22-7-8-24(19)3/h4-9H,11H2,1-3H3,(H,23,26). The monoisotopic (exact) mass is 383 g/mol. The van der Waals surface area contributed by atoms with Gasteiger partial charge in [-0.2, -0.15) is 5.26 Å². The maximum absolute atomic E-state index is 13.7. The lowest BCUT2D eigenvalue weighted by molar-refractivity contribution is -0.113. The van der Waals surface area contributed by atoms with E-state index in [1.165, 1.54) is 23.9 Å². The molecule has 0 saturated heterocycles. The number of aryl methyl sites for hydroxylation is 1. The minimum absolute atomic E-state index is 0.141. The van der Waals surface area contributed by atoms with Crippen molar-refractivity contribution < 1.29 is 9.18 Å². The fourth-order valence-corrected chi connectivity index (χ4v) is 3.52. The van der Waals surface area contributed by atoms with Crippen LogP contribution in [0.25, 0.3) is 5.69 Å². The van der Waals surface area contributed by atoms with Crippen molar-refractivity contribution >= 4 is 23.5 Å². The maximum atomic E-state index is 13.7. The number of nitriles is 1. The van der Waals surface area contributed by atoms with Crippen LogP contribution < -0.4 is 5.32 Å². The largest absolute Gasteiger partial charge is 0.329 e. The third-order valence-electron chi connectivity index (χ3n) is 4.26. The molecule has 1 aromatic carbocycles. The Morgan fingerprint density at radius 1 is 1.41 bits per heavy atom. The molecule has 1 N–H and O–H groups in total. The van der Waals surface area contributed by atoms with E-state index in [-0.39, 0.29) is 17.5 Å². The predicted molar refractivity (Wildman–Crippen MR) is 102 cm³/mol. The molecule has 1 amide bonds. The Balaban J connectivity index is 1.92. The van der Waals surface area contributed by atoms with E-state index in [0.717, 1.165) is 16.4 Å². The molecular formula is C19H18FN5OS. The molecule has 0 aliphatic heterocycles. The van der Waals surface area contributed by atoms with E-state index >= 15 is 0 Å². The number of hydrogen-bond acceptors (Lipinski definition) is 4. The Morgan fingerprint density at radius 2 is 2.19 bits per heavy atom. The summed E-state index contributed by atoms with van der Waals surface area (Å²) in [5.74, 6) is -0.167. The van der Waals surface area contributed by atoms with E-state index in [1.807, 2.05) is 25.5 Å². The molecular weight excluding hydrogens is 365 g/mol. The van der Waals surface area contributed by atoms with Gasteiger partial charge in [-0.15, -0.1) is 0 Å². The summed E-state index contributed by atoms with van der Waals surface area (Å²) in [6.45, 7) is 3.64. The zero-order chi connectivity index (χ0) is 19.6. The molecule has 3 aromatic rings. The molecule has 6 nitrogen and oxygen atoms in total. The minimum Gasteiger partial charge on any atom is -0.329 e. The predicted octanol–water partition coefficient (Wildman–Crippen LogP) is 3.57. The van der Waals surface area contributed by atoms with Crippen LogP contribution >= 0.6 is 11.8 Å². The Kier molecular flexibility index (Phi) is 5.33. The molecule has 0 aliphatic carbocycles. The van der Waals surface area contributed by atoms with E-state index in [9.17, 15) is 14.4 Å². The average molecular weight is 383 g/mol. The van der Waals surface area contributed by atoms with Gasteiger partial charge >= 0.3 is 0 Å². The highest BCUT2D eigenvalue weighted by atomic mass is 32.2. The Hall–Kier alpha value is -3.05. The number of rotatable bonds is 5. The van der Waals surface area contributed by atoms with Crippen molar-refractivity contribution in [1.82, 2.24) is 14.1 Å². The van der Waals surface area contributed by atoms with Crippen LogP contribution in [0.2, 0.25) is 0 Å². The van der Waals surface area contributed by atoms with Crippen LogP contribution in [0, 0.1) is 31.0 Å². The van der Waals surface area contributed by atoms with Gasteiger partial charge < -0.3 is 9.88 Å². The summed E-state index contributed by atoms with van der Waals surface area (Å²) in [6, 6.07) is 8.18. The highest BCUT2D eigenvalue weighted by Crippen LogP contribution is 2.30. The second-order valence-corrected chi connectivity index (χ2v) is 6.96. The number of hydrogen-bond donors (Lipinski definition) is 1. The van der Waals surface area contributed by atoms with E-state index in [1.54, 1.807) is 29.1 Å². The van der Waals surface area contributed by atoms with E-state index in [4.69, 9.17) is 0 Å². The summed E-state index contributed by atoms with van der Waals surface area (Å²) in [7, 11) is 1.85. The Morgan fingerprint density at radius 3 is 2.81 bits per heavy atom. The first-order chi connectivity index (χ1) is 12.9. The minimum atomic E-state index is -0.389. The molecule has 138 valence electrons. The van der Waals surface area contributed by atoms with Gasteiger partial charge in [-0.1, -0.05) is 17.8 Å². The highest BCUT2D eigenvalue weighted by Gasteiger charge is 2.21. The molecule has 0 aliphatic rings. The zero-order valence-electron chi connectivity index (χ0n) is 15.2. The van der Waals surface area contributed by atoms with Gasteiger partial charge in [0.1, 0.15) is 17.7 Å². The fourth-order valence-electron chi connectivity index (χ4n) is 2.79. The van der Waals surface area contributed by atoms with Crippen molar-refractivity contribution in [2.45, 2.75) is 19.0 Å². The van der Waals surface area contributed by atoms with Crippen molar-refractivity contribution in [3.63, 3.8) is 0 Å². The number of aromatic nitrogens is 3. The summed E-state index contributed by atoms with van der Waals surface area (Å²) >= 11 is 1.30. The van der Waals surface area contributed by atoms with Gasteiger partial charge in [-0.3, -0.25) is 9.36 Å². The third kappa shape index (κ3) is 3.73. The number of anilines is 1. The number of nitrogens with zero attached hydrogens (tertiary/aromatic N) is 4. The number of carbonyl (C=O) groups is 1. The Labute approximate surface area is 160 Å². The molecule has 0 unspecified atom stereocenters. The van der Waals surface area contributed by atoms with Crippen LogP contribution in [0.15, 0.2) is 41.8 Å². The first kappa shape index (κ1) is 18.7. The topological polar surface area (TPSA) is 75.6 Å². The smallest absolute Gasteiger partial charge is 0.236 e. The lowest BCUT2D eigenvalue weighted by atomic mass is 10.2. The summed E-state index contributed by atoms with van der Waals surface area (Å²) in [5, 5.41) is 13.1. The number of amides is 1. The Bertz CT molecular complexity index is 1050. The zero-order valence-corrected chi connectivity index (χ0v) is 16.0. The maximum Gasteiger partial charge on any atom is 0.236 e. The van der Waals surface area contributed by atoms with Crippen LogP contribution in [0.3, 0.4) is 0 Å². The molecule has 8 heteroatoms. The van der Waals surface area contributed by atoms with Gasteiger partial charge in [0.05, 0.1) is 17.0 Å². The van der Waals surface area contributed by atoms with Crippen LogP contribution in [0.1, 0.15) is 16.8 Å². The van der Waals surface area contributed by atoms with Gasteiger partial charge in [0, 0.05) is 25.1 Å². The average Bonchev–Trinajstić information content (AvgIpc) is 3.14. The molecule has 27 heavy (non-hydrogen) atoms. The second-order valence-electron chi connectivity index (χ2n) is 6.02. The first-order valence-electron chi connectivity index (χ1n) is 8.20. The van der Waals surface area contributed by atoms with Crippen molar-refractivity contribution in [1.29, 1.82) is 5.26 Å². The van der Waals surface area contributed by atoms with Crippen molar-refractivity contribution in [2.75, 3.05) is 11.1 Å². The molecule has 0 spiro atoms. The van der Waals surface area contributed by atoms with Crippen molar-refractivity contribution in [2.24, 2.45) is 7.05 Å². The van der Waals surface area contributed by atoms with Crippen LogP contribution in [0.4, 0.5) is 10.2 Å². The lowest BCUT2D eigenvalue weighted by Gasteiger charge is -2.13. The van der Waals surface area contributed by atoms with Gasteiger partial charge in [0.25, 0.3) is 0 Å². The lowest BCUT2D eigenvalue weighted by Crippen LogP contribution is -2.18. The summed E-state index contributed by atoms with van der Waals surface area (Å²) in [4.78, 5) is 16.7. The number of nitrogens with one attached hydrogen (secondary N) is 1. The van der Waals surface area contributed by atoms with Gasteiger partial charge in [0.15, 0.2) is 5.16 Å². The normalized spacial score (nSPS) is 10.6. The fraction of sp³-hybridized carbons (Fsp3) is 0.211. The molecule has 2 aromatic heterocycles. The van der Waals surface area contributed by atoms with E-state index in [2.05, 4.69) is 16.4 Å². The number of carbonyl (C=O) groups excluding carboxylic acids is 1. The molecule has 3 rings (SSSR count). The number of imidazole rings is 1. The number of halogens is 1. The molecule has 2 heterocycles. The van der Waals surface area contributed by atoms with Crippen LogP contribution in [-0.4, -0.2) is 25.8 Å². The molecule has 0 fully saturated rings. The van der Waals surface area contributed by atoms with Gasteiger partial charge in [-0.25, -0.2) is 9.37 Å².